The number of benzene rings is 2. The Kier molecular flexibility index (Phi) is 3.25. The monoisotopic (exact) mass is 271 g/mol. The van der Waals surface area contributed by atoms with Crippen molar-refractivity contribution in [3.8, 4) is 11.4 Å². The highest BCUT2D eigenvalue weighted by Gasteiger charge is 2.09. The Bertz CT molecular complexity index is 723. The average molecular weight is 271 g/mol. The zero-order valence-corrected chi connectivity index (χ0v) is 10.5. The second-order valence-corrected chi connectivity index (χ2v) is 4.38. The minimum absolute atomic E-state index is 0.242. The van der Waals surface area contributed by atoms with Gasteiger partial charge in [0.05, 0.1) is 0 Å². The summed E-state index contributed by atoms with van der Waals surface area (Å²) in [6.07, 6.45) is 0.242. The number of aromatic amines is 1. The zero-order valence-electron chi connectivity index (χ0n) is 10.5. The van der Waals surface area contributed by atoms with Gasteiger partial charge in [0.1, 0.15) is 17.5 Å². The van der Waals surface area contributed by atoms with E-state index in [9.17, 15) is 8.78 Å². The van der Waals surface area contributed by atoms with Crippen molar-refractivity contribution >= 4 is 0 Å². The second kappa shape index (κ2) is 5.21. The van der Waals surface area contributed by atoms with Crippen molar-refractivity contribution in [2.75, 3.05) is 0 Å². The van der Waals surface area contributed by atoms with Gasteiger partial charge in [-0.25, -0.2) is 13.8 Å². The van der Waals surface area contributed by atoms with E-state index >= 15 is 0 Å². The molecule has 5 heteroatoms. The summed E-state index contributed by atoms with van der Waals surface area (Å²) in [6, 6.07) is 13.0. The molecule has 1 heterocycles. The van der Waals surface area contributed by atoms with Crippen molar-refractivity contribution in [3.63, 3.8) is 0 Å². The molecule has 100 valence electrons. The maximum absolute atomic E-state index is 13.6. The molecule has 0 bridgehead atoms. The molecule has 2 aromatic carbocycles. The predicted molar refractivity (Wildman–Crippen MR) is 71.0 cm³/mol. The van der Waals surface area contributed by atoms with Crippen molar-refractivity contribution in [1.29, 1.82) is 0 Å². The summed E-state index contributed by atoms with van der Waals surface area (Å²) in [5, 5.41) is 6.87. The quantitative estimate of drug-likeness (QED) is 0.793. The fraction of sp³-hybridized carbons (Fsp3) is 0.0667. The fourth-order valence-corrected chi connectivity index (χ4v) is 1.94. The summed E-state index contributed by atoms with van der Waals surface area (Å²) in [5.41, 5.74) is 1.26. The Morgan fingerprint density at radius 3 is 2.55 bits per heavy atom. The van der Waals surface area contributed by atoms with Crippen LogP contribution in [-0.4, -0.2) is 15.2 Å². The molecule has 0 aliphatic heterocycles. The van der Waals surface area contributed by atoms with Crippen molar-refractivity contribution in [3.05, 3.63) is 71.6 Å². The minimum atomic E-state index is -0.589. The highest BCUT2D eigenvalue weighted by atomic mass is 19.1. The molecule has 3 nitrogen and oxygen atoms in total. The molecule has 20 heavy (non-hydrogen) atoms. The van der Waals surface area contributed by atoms with Gasteiger partial charge in [0.15, 0.2) is 5.82 Å². The normalized spacial score (nSPS) is 10.7. The topological polar surface area (TPSA) is 41.6 Å². The van der Waals surface area contributed by atoms with Crippen LogP contribution in [-0.2, 0) is 6.42 Å². The van der Waals surface area contributed by atoms with E-state index in [1.807, 2.05) is 30.3 Å². The largest absolute Gasteiger partial charge is 0.262 e. The third kappa shape index (κ3) is 2.56. The summed E-state index contributed by atoms with van der Waals surface area (Å²) in [6.45, 7) is 0. The van der Waals surface area contributed by atoms with Crippen LogP contribution in [0.3, 0.4) is 0 Å². The van der Waals surface area contributed by atoms with Gasteiger partial charge < -0.3 is 0 Å². The van der Waals surface area contributed by atoms with Crippen LogP contribution in [0.25, 0.3) is 11.4 Å². The van der Waals surface area contributed by atoms with Gasteiger partial charge in [-0.2, -0.15) is 5.10 Å². The first-order valence-electron chi connectivity index (χ1n) is 6.13. The summed E-state index contributed by atoms with van der Waals surface area (Å²) in [4.78, 5) is 4.31. The van der Waals surface area contributed by atoms with Crippen LogP contribution in [0.4, 0.5) is 8.78 Å². The molecule has 3 rings (SSSR count). The molecule has 0 aliphatic carbocycles. The molecule has 0 amide bonds. The first kappa shape index (κ1) is 12.5. The van der Waals surface area contributed by atoms with Crippen molar-refractivity contribution in [2.45, 2.75) is 6.42 Å². The summed E-state index contributed by atoms with van der Waals surface area (Å²) in [7, 11) is 0. The minimum Gasteiger partial charge on any atom is -0.262 e. The van der Waals surface area contributed by atoms with Gasteiger partial charge in [-0.05, 0) is 11.6 Å². The fourth-order valence-electron chi connectivity index (χ4n) is 1.94. The Labute approximate surface area is 114 Å². The molecule has 0 radical (unpaired) electrons. The molecule has 0 aliphatic rings. The summed E-state index contributed by atoms with van der Waals surface area (Å²) >= 11 is 0. The van der Waals surface area contributed by atoms with E-state index in [0.29, 0.717) is 17.2 Å². The highest BCUT2D eigenvalue weighted by molar-refractivity contribution is 5.53. The summed E-state index contributed by atoms with van der Waals surface area (Å²) < 4.78 is 26.4. The van der Waals surface area contributed by atoms with Gasteiger partial charge in [0.25, 0.3) is 0 Å². The van der Waals surface area contributed by atoms with Crippen molar-refractivity contribution < 1.29 is 8.78 Å². The molecule has 0 fully saturated rings. The third-order valence-corrected chi connectivity index (χ3v) is 2.94. The summed E-state index contributed by atoms with van der Waals surface area (Å²) in [5.74, 6) is -0.0751. The number of hydrogen-bond acceptors (Lipinski definition) is 2. The van der Waals surface area contributed by atoms with Crippen LogP contribution in [0.5, 0.6) is 0 Å². The number of nitrogens with one attached hydrogen (secondary N) is 1. The van der Waals surface area contributed by atoms with E-state index in [1.165, 1.54) is 12.1 Å². The van der Waals surface area contributed by atoms with Crippen LogP contribution in [0.2, 0.25) is 0 Å². The molecular weight excluding hydrogens is 260 g/mol. The van der Waals surface area contributed by atoms with Crippen LogP contribution in [0.1, 0.15) is 11.4 Å². The number of H-pyrrole nitrogens is 1. The van der Waals surface area contributed by atoms with E-state index in [0.717, 1.165) is 11.6 Å². The lowest BCUT2D eigenvalue weighted by atomic mass is 10.1. The second-order valence-electron chi connectivity index (χ2n) is 4.38. The van der Waals surface area contributed by atoms with Gasteiger partial charge in [-0.1, -0.05) is 36.4 Å². The van der Waals surface area contributed by atoms with E-state index in [4.69, 9.17) is 0 Å². The molecular formula is C15H11F2N3. The molecule has 3 aromatic rings. The van der Waals surface area contributed by atoms with E-state index < -0.39 is 11.6 Å². The number of aromatic nitrogens is 3. The Morgan fingerprint density at radius 1 is 1.00 bits per heavy atom. The lowest BCUT2D eigenvalue weighted by molar-refractivity contribution is 0.573. The molecule has 0 atom stereocenters. The van der Waals surface area contributed by atoms with Crippen LogP contribution in [0.15, 0.2) is 48.5 Å². The number of halogens is 2. The predicted octanol–water partition coefficient (Wildman–Crippen LogP) is 3.34. The Morgan fingerprint density at radius 2 is 1.80 bits per heavy atom. The van der Waals surface area contributed by atoms with E-state index in [2.05, 4.69) is 15.2 Å². The molecule has 0 unspecified atom stereocenters. The number of rotatable bonds is 3. The molecule has 0 saturated carbocycles. The zero-order chi connectivity index (χ0) is 13.9. The van der Waals surface area contributed by atoms with Gasteiger partial charge in [0, 0.05) is 18.1 Å². The van der Waals surface area contributed by atoms with E-state index in [-0.39, 0.29) is 6.42 Å². The third-order valence-electron chi connectivity index (χ3n) is 2.94. The maximum Gasteiger partial charge on any atom is 0.181 e. The first-order valence-corrected chi connectivity index (χ1v) is 6.13. The van der Waals surface area contributed by atoms with Crippen LogP contribution >= 0.6 is 0 Å². The number of nitrogens with zero attached hydrogens (tertiary/aromatic N) is 2. The van der Waals surface area contributed by atoms with Gasteiger partial charge >= 0.3 is 0 Å². The standard InChI is InChI=1S/C15H11F2N3/c16-12-7-6-11(13(17)9-12)8-14-18-15(20-19-14)10-4-2-1-3-5-10/h1-7,9H,8H2,(H,18,19,20). The van der Waals surface area contributed by atoms with Crippen LogP contribution in [0, 0.1) is 11.6 Å². The maximum atomic E-state index is 13.6. The first-order chi connectivity index (χ1) is 9.72. The van der Waals surface area contributed by atoms with Crippen LogP contribution < -0.4 is 0 Å². The molecule has 0 saturated heterocycles. The van der Waals surface area contributed by atoms with Gasteiger partial charge in [0.2, 0.25) is 0 Å². The average Bonchev–Trinajstić information content (AvgIpc) is 2.92. The van der Waals surface area contributed by atoms with Crippen molar-refractivity contribution in [2.24, 2.45) is 0 Å². The van der Waals surface area contributed by atoms with Crippen molar-refractivity contribution in [1.82, 2.24) is 15.2 Å². The lowest BCUT2D eigenvalue weighted by Crippen LogP contribution is -1.95. The molecule has 1 N–H and O–H groups in total. The Balaban J connectivity index is 1.84. The smallest absolute Gasteiger partial charge is 0.181 e. The lowest BCUT2D eigenvalue weighted by Gasteiger charge is -2.00. The number of hydrogen-bond donors (Lipinski definition) is 1. The molecule has 1 aromatic heterocycles. The molecule has 0 spiro atoms. The Hall–Kier alpha value is -2.56. The SMILES string of the molecule is Fc1ccc(Cc2nc(-c3ccccc3)n[nH]2)c(F)c1. The van der Waals surface area contributed by atoms with Gasteiger partial charge in [-0.15, -0.1) is 0 Å². The highest BCUT2D eigenvalue weighted by Crippen LogP contribution is 2.16. The van der Waals surface area contributed by atoms with E-state index in [1.54, 1.807) is 0 Å². The van der Waals surface area contributed by atoms with Gasteiger partial charge in [-0.3, -0.25) is 5.10 Å².